The summed E-state index contributed by atoms with van der Waals surface area (Å²) in [6, 6.07) is 4.29. The number of nitrogens with one attached hydrogen (secondary N) is 1. The number of carbonyl (C=O) groups is 1. The number of amides is 1. The van der Waals surface area contributed by atoms with E-state index in [0.717, 1.165) is 0 Å². The van der Waals surface area contributed by atoms with Gasteiger partial charge in [-0.1, -0.05) is 17.7 Å². The summed E-state index contributed by atoms with van der Waals surface area (Å²) in [5, 5.41) is 11.6. The van der Waals surface area contributed by atoms with E-state index in [0.29, 0.717) is 0 Å². The lowest BCUT2D eigenvalue weighted by molar-refractivity contribution is -0.116. The molecule has 1 atom stereocenters. The quantitative estimate of drug-likeness (QED) is 0.811. The lowest BCUT2D eigenvalue weighted by Crippen LogP contribution is -2.28. The number of hydrogen-bond donors (Lipinski definition) is 2. The van der Waals surface area contributed by atoms with Crippen LogP contribution in [0.15, 0.2) is 24.3 Å². The Morgan fingerprint density at radius 1 is 1.65 bits per heavy atom. The van der Waals surface area contributed by atoms with Crippen LogP contribution < -0.4 is 5.32 Å². The lowest BCUT2D eigenvalue weighted by Gasteiger charge is -2.04. The van der Waals surface area contributed by atoms with Gasteiger partial charge in [0.05, 0.1) is 11.1 Å². The maximum atomic E-state index is 13.3. The molecule has 2 N–H and O–H groups in total. The van der Waals surface area contributed by atoms with Gasteiger partial charge in [0.25, 0.3) is 0 Å². The van der Waals surface area contributed by atoms with Crippen LogP contribution in [0.3, 0.4) is 0 Å². The molecule has 0 saturated carbocycles. The number of aliphatic hydroxyl groups excluding tert-OH is 1. The van der Waals surface area contributed by atoms with Crippen LogP contribution in [0.1, 0.15) is 12.5 Å². The number of hydrogen-bond acceptors (Lipinski definition) is 2. The SMILES string of the molecule is C[C@H](O)CNC(=O)/C=C/c1c(F)cccc1Cl. The maximum absolute atomic E-state index is 13.3. The minimum atomic E-state index is -0.621. The Hall–Kier alpha value is -1.39. The van der Waals surface area contributed by atoms with Gasteiger partial charge in [0.15, 0.2) is 0 Å². The standard InChI is InChI=1S/C12H13ClFNO2/c1-8(16)7-15-12(17)6-5-9-10(13)3-2-4-11(9)14/h2-6,8,16H,7H2,1H3,(H,15,17)/b6-5+/t8-/m0/s1. The molecule has 0 aliphatic carbocycles. The van der Waals surface area contributed by atoms with E-state index in [2.05, 4.69) is 5.32 Å². The van der Waals surface area contributed by atoms with Crippen molar-refractivity contribution in [3.63, 3.8) is 0 Å². The number of aliphatic hydroxyl groups is 1. The fourth-order valence-corrected chi connectivity index (χ4v) is 1.36. The van der Waals surface area contributed by atoms with Gasteiger partial charge in [0.1, 0.15) is 5.82 Å². The maximum Gasteiger partial charge on any atom is 0.244 e. The Kier molecular flexibility index (Phi) is 5.12. The van der Waals surface area contributed by atoms with Gasteiger partial charge < -0.3 is 10.4 Å². The fourth-order valence-electron chi connectivity index (χ4n) is 1.14. The van der Waals surface area contributed by atoms with Gasteiger partial charge in [-0.3, -0.25) is 4.79 Å². The van der Waals surface area contributed by atoms with Crippen molar-refractivity contribution in [1.29, 1.82) is 0 Å². The molecule has 92 valence electrons. The van der Waals surface area contributed by atoms with E-state index in [9.17, 15) is 9.18 Å². The van der Waals surface area contributed by atoms with Crippen LogP contribution in [-0.4, -0.2) is 23.7 Å². The van der Waals surface area contributed by atoms with E-state index < -0.39 is 17.8 Å². The highest BCUT2D eigenvalue weighted by molar-refractivity contribution is 6.32. The van der Waals surface area contributed by atoms with Gasteiger partial charge in [-0.25, -0.2) is 4.39 Å². The van der Waals surface area contributed by atoms with Crippen LogP contribution in [-0.2, 0) is 4.79 Å². The van der Waals surface area contributed by atoms with Crippen molar-refractivity contribution in [2.75, 3.05) is 6.54 Å². The zero-order valence-corrected chi connectivity index (χ0v) is 10.0. The highest BCUT2D eigenvalue weighted by atomic mass is 35.5. The fraction of sp³-hybridized carbons (Fsp3) is 0.250. The Bertz CT molecular complexity index is 412. The summed E-state index contributed by atoms with van der Waals surface area (Å²) in [7, 11) is 0. The number of halogens is 2. The smallest absolute Gasteiger partial charge is 0.244 e. The topological polar surface area (TPSA) is 49.3 Å². The molecule has 1 rings (SSSR count). The van der Waals surface area contributed by atoms with Gasteiger partial charge in [-0.2, -0.15) is 0 Å². The van der Waals surface area contributed by atoms with Crippen molar-refractivity contribution >= 4 is 23.6 Å². The minimum Gasteiger partial charge on any atom is -0.392 e. The molecule has 0 aliphatic heterocycles. The monoisotopic (exact) mass is 257 g/mol. The summed E-state index contributed by atoms with van der Waals surface area (Å²) in [6.45, 7) is 1.70. The second-order valence-electron chi connectivity index (χ2n) is 3.56. The molecule has 0 spiro atoms. The van der Waals surface area contributed by atoms with Crippen LogP contribution in [0.25, 0.3) is 6.08 Å². The molecule has 3 nitrogen and oxygen atoms in total. The van der Waals surface area contributed by atoms with Crippen LogP contribution in [0.5, 0.6) is 0 Å². The third-order valence-corrected chi connectivity index (χ3v) is 2.30. The predicted octanol–water partition coefficient (Wildman–Crippen LogP) is 1.99. The van der Waals surface area contributed by atoms with Crippen LogP contribution in [0, 0.1) is 5.82 Å². The Labute approximate surface area is 104 Å². The lowest BCUT2D eigenvalue weighted by atomic mass is 10.2. The molecule has 0 fully saturated rings. The normalized spacial score (nSPS) is 12.7. The van der Waals surface area contributed by atoms with Gasteiger partial charge in [0.2, 0.25) is 5.91 Å². The Morgan fingerprint density at radius 3 is 2.94 bits per heavy atom. The van der Waals surface area contributed by atoms with Gasteiger partial charge in [-0.05, 0) is 25.1 Å². The summed E-state index contributed by atoms with van der Waals surface area (Å²) < 4.78 is 13.3. The highest BCUT2D eigenvalue weighted by Gasteiger charge is 2.04. The van der Waals surface area contributed by atoms with E-state index in [1.54, 1.807) is 6.92 Å². The third kappa shape index (κ3) is 4.54. The zero-order valence-electron chi connectivity index (χ0n) is 9.28. The predicted molar refractivity (Wildman–Crippen MR) is 65.1 cm³/mol. The van der Waals surface area contributed by atoms with Crippen LogP contribution in [0.4, 0.5) is 4.39 Å². The van der Waals surface area contributed by atoms with E-state index in [1.165, 1.54) is 30.4 Å². The molecule has 1 aromatic carbocycles. The van der Waals surface area contributed by atoms with E-state index >= 15 is 0 Å². The zero-order chi connectivity index (χ0) is 12.8. The molecule has 0 aromatic heterocycles. The van der Waals surface area contributed by atoms with Crippen LogP contribution >= 0.6 is 11.6 Å². The first-order valence-corrected chi connectivity index (χ1v) is 5.46. The minimum absolute atomic E-state index is 0.147. The Morgan fingerprint density at radius 2 is 2.35 bits per heavy atom. The van der Waals surface area contributed by atoms with Gasteiger partial charge in [0, 0.05) is 18.2 Å². The average molecular weight is 258 g/mol. The first kappa shape index (κ1) is 13.7. The molecule has 0 heterocycles. The molecule has 1 aromatic rings. The molecular weight excluding hydrogens is 245 g/mol. The molecular formula is C12H13ClFNO2. The van der Waals surface area contributed by atoms with Crippen molar-refractivity contribution in [2.45, 2.75) is 13.0 Å². The Balaban J connectivity index is 2.67. The second-order valence-corrected chi connectivity index (χ2v) is 3.97. The molecule has 1 amide bonds. The van der Waals surface area contributed by atoms with E-state index in [1.807, 2.05) is 0 Å². The molecule has 0 saturated heterocycles. The summed E-state index contributed by atoms with van der Waals surface area (Å²) in [5.74, 6) is -0.901. The summed E-state index contributed by atoms with van der Waals surface area (Å²) in [4.78, 5) is 11.3. The van der Waals surface area contributed by atoms with E-state index in [4.69, 9.17) is 16.7 Å². The van der Waals surface area contributed by atoms with Crippen molar-refractivity contribution < 1.29 is 14.3 Å². The van der Waals surface area contributed by atoms with Crippen molar-refractivity contribution in [2.24, 2.45) is 0 Å². The van der Waals surface area contributed by atoms with E-state index in [-0.39, 0.29) is 17.1 Å². The molecule has 0 bridgehead atoms. The first-order valence-electron chi connectivity index (χ1n) is 5.08. The summed E-state index contributed by atoms with van der Waals surface area (Å²) in [5.41, 5.74) is 0.168. The molecule has 0 unspecified atom stereocenters. The molecule has 0 aliphatic rings. The summed E-state index contributed by atoms with van der Waals surface area (Å²) >= 11 is 5.78. The molecule has 17 heavy (non-hydrogen) atoms. The number of benzene rings is 1. The first-order chi connectivity index (χ1) is 8.00. The largest absolute Gasteiger partial charge is 0.392 e. The number of rotatable bonds is 4. The van der Waals surface area contributed by atoms with Crippen molar-refractivity contribution in [1.82, 2.24) is 5.32 Å². The van der Waals surface area contributed by atoms with Crippen LogP contribution in [0.2, 0.25) is 5.02 Å². The van der Waals surface area contributed by atoms with Gasteiger partial charge in [-0.15, -0.1) is 0 Å². The molecule has 0 radical (unpaired) electrons. The average Bonchev–Trinajstić information content (AvgIpc) is 2.25. The molecule has 5 heteroatoms. The summed E-state index contributed by atoms with van der Waals surface area (Å²) in [6.07, 6.45) is 1.85. The van der Waals surface area contributed by atoms with Crippen molar-refractivity contribution in [3.05, 3.63) is 40.7 Å². The highest BCUT2D eigenvalue weighted by Crippen LogP contribution is 2.20. The number of carbonyl (C=O) groups excluding carboxylic acids is 1. The van der Waals surface area contributed by atoms with Crippen molar-refractivity contribution in [3.8, 4) is 0 Å². The second kappa shape index (κ2) is 6.37. The van der Waals surface area contributed by atoms with Gasteiger partial charge >= 0.3 is 0 Å². The third-order valence-electron chi connectivity index (χ3n) is 1.97.